The highest BCUT2D eigenvalue weighted by Gasteiger charge is 2.25. The molecule has 0 amide bonds. The zero-order valence-corrected chi connectivity index (χ0v) is 12.4. The highest BCUT2D eigenvalue weighted by Crippen LogP contribution is 2.20. The molecule has 5 nitrogen and oxygen atoms in total. The fraction of sp³-hybridized carbons (Fsp3) is 0.538. The first-order chi connectivity index (χ1) is 8.93. The molecule has 0 spiro atoms. The van der Waals surface area contributed by atoms with Gasteiger partial charge in [0, 0.05) is 20.2 Å². The van der Waals surface area contributed by atoms with Gasteiger partial charge in [0.2, 0.25) is 10.0 Å². The highest BCUT2D eigenvalue weighted by molar-refractivity contribution is 7.89. The molecule has 1 N–H and O–H groups in total. The van der Waals surface area contributed by atoms with Crippen LogP contribution in [0.25, 0.3) is 0 Å². The number of aliphatic hydroxyl groups excluding tert-OH is 1. The van der Waals surface area contributed by atoms with Crippen LogP contribution in [0.3, 0.4) is 0 Å². The van der Waals surface area contributed by atoms with E-state index >= 15 is 0 Å². The molecule has 0 bridgehead atoms. The first kappa shape index (κ1) is 16.1. The minimum Gasteiger partial charge on any atom is -0.395 e. The van der Waals surface area contributed by atoms with Crippen molar-refractivity contribution < 1.29 is 18.3 Å². The Morgan fingerprint density at radius 1 is 1.26 bits per heavy atom. The molecule has 0 fully saturated rings. The summed E-state index contributed by atoms with van der Waals surface area (Å²) in [5, 5.41) is 9.01. The van der Waals surface area contributed by atoms with Crippen molar-refractivity contribution in [2.24, 2.45) is 0 Å². The van der Waals surface area contributed by atoms with Crippen molar-refractivity contribution in [2.75, 3.05) is 33.4 Å². The first-order valence-corrected chi connectivity index (χ1v) is 7.54. The Bertz CT molecular complexity index is 513. The molecular weight excluding hydrogens is 266 g/mol. The summed E-state index contributed by atoms with van der Waals surface area (Å²) in [7, 11) is -2.07. The third-order valence-electron chi connectivity index (χ3n) is 2.84. The Labute approximate surface area is 114 Å². The van der Waals surface area contributed by atoms with Crippen LogP contribution in [-0.2, 0) is 14.8 Å². The first-order valence-electron chi connectivity index (χ1n) is 6.10. The molecule has 0 atom stereocenters. The summed E-state index contributed by atoms with van der Waals surface area (Å²) in [6.07, 6.45) is 0. The van der Waals surface area contributed by atoms with E-state index < -0.39 is 10.0 Å². The van der Waals surface area contributed by atoms with Crippen LogP contribution in [0.1, 0.15) is 11.1 Å². The number of aryl methyl sites for hydroxylation is 2. The van der Waals surface area contributed by atoms with Crippen molar-refractivity contribution in [3.8, 4) is 0 Å². The lowest BCUT2D eigenvalue weighted by Gasteiger charge is -2.22. The Kier molecular flexibility index (Phi) is 5.93. The predicted molar refractivity (Wildman–Crippen MR) is 73.6 cm³/mol. The van der Waals surface area contributed by atoms with Crippen LogP contribution >= 0.6 is 0 Å². The van der Waals surface area contributed by atoms with Gasteiger partial charge in [0.25, 0.3) is 0 Å². The number of ether oxygens (including phenoxy) is 1. The maximum atomic E-state index is 12.5. The molecule has 0 heterocycles. The van der Waals surface area contributed by atoms with Crippen molar-refractivity contribution in [3.63, 3.8) is 0 Å². The van der Waals surface area contributed by atoms with Crippen molar-refractivity contribution in [1.29, 1.82) is 0 Å². The number of benzene rings is 1. The molecule has 6 heteroatoms. The SMILES string of the molecule is COCCN(CCO)S(=O)(=O)c1ccc(C)cc1C. The van der Waals surface area contributed by atoms with Crippen LogP contribution < -0.4 is 0 Å². The van der Waals surface area contributed by atoms with E-state index in [9.17, 15) is 8.42 Å². The molecule has 0 unspecified atom stereocenters. The van der Waals surface area contributed by atoms with Gasteiger partial charge in [-0.15, -0.1) is 0 Å². The fourth-order valence-electron chi connectivity index (χ4n) is 1.88. The summed E-state index contributed by atoms with van der Waals surface area (Å²) >= 11 is 0. The van der Waals surface area contributed by atoms with Crippen LogP contribution in [0.2, 0.25) is 0 Å². The molecular formula is C13H21NO4S. The molecule has 1 rings (SSSR count). The molecule has 0 saturated carbocycles. The Hall–Kier alpha value is -0.950. The summed E-state index contributed by atoms with van der Waals surface area (Å²) in [5.74, 6) is 0. The molecule has 0 aromatic heterocycles. The molecule has 19 heavy (non-hydrogen) atoms. The van der Waals surface area contributed by atoms with Gasteiger partial charge in [0.15, 0.2) is 0 Å². The minimum absolute atomic E-state index is 0.0685. The van der Waals surface area contributed by atoms with Crippen molar-refractivity contribution >= 4 is 10.0 Å². The number of hydrogen-bond donors (Lipinski definition) is 1. The summed E-state index contributed by atoms with van der Waals surface area (Å²) in [6.45, 7) is 4.07. The average molecular weight is 287 g/mol. The van der Waals surface area contributed by atoms with Crippen LogP contribution in [0.5, 0.6) is 0 Å². The lowest BCUT2D eigenvalue weighted by molar-refractivity contribution is 0.168. The van der Waals surface area contributed by atoms with Crippen LogP contribution in [0.15, 0.2) is 23.1 Å². The van der Waals surface area contributed by atoms with E-state index in [0.29, 0.717) is 12.2 Å². The summed E-state index contributed by atoms with van der Waals surface area (Å²) in [5.41, 5.74) is 1.72. The molecule has 0 aliphatic carbocycles. The van der Waals surface area contributed by atoms with Gasteiger partial charge in [-0.1, -0.05) is 17.7 Å². The molecule has 1 aromatic carbocycles. The third kappa shape index (κ3) is 4.01. The van der Waals surface area contributed by atoms with E-state index in [1.54, 1.807) is 19.1 Å². The molecule has 0 radical (unpaired) electrons. The van der Waals surface area contributed by atoms with E-state index in [1.807, 2.05) is 13.0 Å². The Morgan fingerprint density at radius 3 is 2.47 bits per heavy atom. The van der Waals surface area contributed by atoms with Gasteiger partial charge in [0.1, 0.15) is 0 Å². The number of rotatable bonds is 7. The number of methoxy groups -OCH3 is 1. The molecule has 0 saturated heterocycles. The van der Waals surface area contributed by atoms with Crippen molar-refractivity contribution in [3.05, 3.63) is 29.3 Å². The van der Waals surface area contributed by atoms with Gasteiger partial charge in [-0.2, -0.15) is 4.31 Å². The van der Waals surface area contributed by atoms with Gasteiger partial charge in [-0.3, -0.25) is 0 Å². The Morgan fingerprint density at radius 2 is 1.95 bits per heavy atom. The molecule has 108 valence electrons. The van der Waals surface area contributed by atoms with Gasteiger partial charge in [0.05, 0.1) is 18.1 Å². The predicted octanol–water partition coefficient (Wildman–Crippen LogP) is 0.933. The molecule has 0 aliphatic rings. The normalized spacial score (nSPS) is 12.1. The zero-order valence-electron chi connectivity index (χ0n) is 11.6. The maximum absolute atomic E-state index is 12.5. The summed E-state index contributed by atoms with van der Waals surface area (Å²) < 4.78 is 31.2. The van der Waals surface area contributed by atoms with Gasteiger partial charge >= 0.3 is 0 Å². The van der Waals surface area contributed by atoms with Crippen LogP contribution in [-0.4, -0.2) is 51.2 Å². The van der Waals surface area contributed by atoms with Crippen molar-refractivity contribution in [1.82, 2.24) is 4.31 Å². The summed E-state index contributed by atoms with van der Waals surface area (Å²) in [4.78, 5) is 0.280. The van der Waals surface area contributed by atoms with Crippen LogP contribution in [0, 0.1) is 13.8 Å². The second-order valence-corrected chi connectivity index (χ2v) is 6.30. The van der Waals surface area contributed by atoms with E-state index in [1.165, 1.54) is 11.4 Å². The van der Waals surface area contributed by atoms with Crippen LogP contribution in [0.4, 0.5) is 0 Å². The third-order valence-corrected chi connectivity index (χ3v) is 4.90. The lowest BCUT2D eigenvalue weighted by atomic mass is 10.2. The number of nitrogens with zero attached hydrogens (tertiary/aromatic N) is 1. The maximum Gasteiger partial charge on any atom is 0.243 e. The smallest absolute Gasteiger partial charge is 0.243 e. The topological polar surface area (TPSA) is 66.8 Å². The van der Waals surface area contributed by atoms with Gasteiger partial charge < -0.3 is 9.84 Å². The molecule has 0 aliphatic heterocycles. The number of sulfonamides is 1. The minimum atomic E-state index is -3.59. The zero-order chi connectivity index (χ0) is 14.5. The van der Waals surface area contributed by atoms with E-state index in [4.69, 9.17) is 9.84 Å². The quantitative estimate of drug-likeness (QED) is 0.810. The number of aliphatic hydroxyl groups is 1. The standard InChI is InChI=1S/C13H21NO4S/c1-11-4-5-13(12(2)10-11)19(16,17)14(6-8-15)7-9-18-3/h4-5,10,15H,6-9H2,1-3H3. The van der Waals surface area contributed by atoms with E-state index in [-0.39, 0.29) is 24.6 Å². The fourth-order valence-corrected chi connectivity index (χ4v) is 3.51. The van der Waals surface area contributed by atoms with Gasteiger partial charge in [-0.25, -0.2) is 8.42 Å². The van der Waals surface area contributed by atoms with E-state index in [2.05, 4.69) is 0 Å². The second kappa shape index (κ2) is 7.00. The largest absolute Gasteiger partial charge is 0.395 e. The van der Waals surface area contributed by atoms with Crippen molar-refractivity contribution in [2.45, 2.75) is 18.7 Å². The van der Waals surface area contributed by atoms with Gasteiger partial charge in [-0.05, 0) is 25.5 Å². The lowest BCUT2D eigenvalue weighted by Crippen LogP contribution is -2.36. The number of hydrogen-bond acceptors (Lipinski definition) is 4. The summed E-state index contributed by atoms with van der Waals surface area (Å²) in [6, 6.07) is 5.21. The average Bonchev–Trinajstić information content (AvgIpc) is 2.33. The molecule has 1 aromatic rings. The second-order valence-electron chi connectivity index (χ2n) is 4.39. The van der Waals surface area contributed by atoms with E-state index in [0.717, 1.165) is 5.56 Å². The monoisotopic (exact) mass is 287 g/mol. The Balaban J connectivity index is 3.11. The highest BCUT2D eigenvalue weighted by atomic mass is 32.2.